The predicted molar refractivity (Wildman–Crippen MR) is 201 cm³/mol. The molecule has 0 aromatic carbocycles. The number of rotatable bonds is 4. The number of fused-ring (bicyclic) bond motifs is 3. The summed E-state index contributed by atoms with van der Waals surface area (Å²) in [5.41, 5.74) is 2.41. The number of esters is 2. The summed E-state index contributed by atoms with van der Waals surface area (Å²) in [5, 5.41) is 14.5. The van der Waals surface area contributed by atoms with E-state index >= 15 is 0 Å². The molecule has 5 heterocycles. The number of hydrogen-bond donors (Lipinski definition) is 2. The van der Waals surface area contributed by atoms with Crippen LogP contribution in [0.1, 0.15) is 89.5 Å². The number of carbonyl (C=O) groups excluding carboxylic acids is 4. The normalized spacial score (nSPS) is 36.4. The maximum atomic E-state index is 14.6. The molecule has 3 fully saturated rings. The van der Waals surface area contributed by atoms with E-state index in [1.165, 1.54) is 51.5 Å². The first-order valence-corrected chi connectivity index (χ1v) is 21.6. The second-order valence-corrected chi connectivity index (χ2v) is 18.6. The number of pyridine rings is 1. The summed E-state index contributed by atoms with van der Waals surface area (Å²) < 4.78 is 12.6. The molecule has 7 bridgehead atoms. The average molecular weight is 756 g/mol. The summed E-state index contributed by atoms with van der Waals surface area (Å²) in [7, 11) is 2.87. The van der Waals surface area contributed by atoms with E-state index < -0.39 is 22.7 Å². The number of imide groups is 1. The van der Waals surface area contributed by atoms with Crippen LogP contribution in [0.4, 0.5) is 5.82 Å². The molecule has 53 heavy (non-hydrogen) atoms. The molecule has 1 saturated heterocycles. The zero-order chi connectivity index (χ0) is 36.6. The number of anilines is 1. The molecule has 0 radical (unpaired) electrons. The van der Waals surface area contributed by atoms with Gasteiger partial charge >= 0.3 is 11.9 Å². The van der Waals surface area contributed by atoms with Gasteiger partial charge in [0.2, 0.25) is 0 Å². The Morgan fingerprint density at radius 1 is 1.08 bits per heavy atom. The van der Waals surface area contributed by atoms with Crippen molar-refractivity contribution in [1.29, 1.82) is 0 Å². The molecule has 1 aromatic rings. The molecule has 4 aliphatic heterocycles. The molecule has 1 spiro atoms. The van der Waals surface area contributed by atoms with Gasteiger partial charge in [0.05, 0.1) is 16.9 Å². The van der Waals surface area contributed by atoms with Crippen LogP contribution in [0.3, 0.4) is 0 Å². The van der Waals surface area contributed by atoms with Gasteiger partial charge in [0.1, 0.15) is 22.8 Å². The molecule has 7 atom stereocenters. The Bertz CT molecular complexity index is 1940. The average Bonchev–Trinajstić information content (AvgIpc) is 3.92. The van der Waals surface area contributed by atoms with E-state index in [2.05, 4.69) is 23.3 Å². The highest BCUT2D eigenvalue weighted by Gasteiger charge is 2.69. The summed E-state index contributed by atoms with van der Waals surface area (Å²) in [5.74, 6) is -0.167. The van der Waals surface area contributed by atoms with Crippen LogP contribution in [0.25, 0.3) is 0 Å². The first-order chi connectivity index (χ1) is 25.6. The summed E-state index contributed by atoms with van der Waals surface area (Å²) in [6.45, 7) is 4.28. The van der Waals surface area contributed by atoms with E-state index in [1.807, 2.05) is 25.1 Å². The van der Waals surface area contributed by atoms with Crippen molar-refractivity contribution in [2.75, 3.05) is 17.7 Å². The van der Waals surface area contributed by atoms with Crippen LogP contribution in [-0.2, 0) is 28.7 Å². The molecule has 2 N–H and O–H groups in total. The molecule has 278 valence electrons. The molecule has 0 unspecified atom stereocenters. The molecular weight excluding hydrogens is 711 g/mol. The Kier molecular flexibility index (Phi) is 8.81. The zero-order valence-corrected chi connectivity index (χ0v) is 31.7. The number of allylic oxidation sites excluding steroid dienone is 4. The van der Waals surface area contributed by atoms with Crippen molar-refractivity contribution in [1.82, 2.24) is 9.88 Å². The maximum Gasteiger partial charge on any atom is 0.340 e. The minimum Gasteiger partial charge on any atom is -0.427 e. The second-order valence-electron chi connectivity index (χ2n) is 16.1. The summed E-state index contributed by atoms with van der Waals surface area (Å²) in [6.07, 6.45) is 17.4. The Hall–Kier alpha value is -3.61. The fourth-order valence-corrected chi connectivity index (χ4v) is 13.0. The van der Waals surface area contributed by atoms with Crippen molar-refractivity contribution in [3.05, 3.63) is 82.0 Å². The van der Waals surface area contributed by atoms with Crippen molar-refractivity contribution >= 4 is 51.2 Å². The molecule has 1 aromatic heterocycles. The van der Waals surface area contributed by atoms with Crippen molar-refractivity contribution in [2.24, 2.45) is 34.5 Å². The quantitative estimate of drug-likeness (QED) is 0.186. The summed E-state index contributed by atoms with van der Waals surface area (Å²) in [4.78, 5) is 60.9. The van der Waals surface area contributed by atoms with E-state index in [0.717, 1.165) is 48.8 Å². The van der Waals surface area contributed by atoms with Crippen LogP contribution >= 0.6 is 21.6 Å². The molecule has 10 nitrogen and oxygen atoms in total. The number of hydrogen-bond acceptors (Lipinski definition) is 11. The summed E-state index contributed by atoms with van der Waals surface area (Å²) in [6, 6.07) is 3.84. The molecular formula is C41H45N3O7S2. The number of carbonyl (C=O) groups is 4. The molecule has 2 amide bonds. The van der Waals surface area contributed by atoms with Gasteiger partial charge in [-0.1, -0.05) is 48.3 Å². The van der Waals surface area contributed by atoms with Crippen LogP contribution in [0.15, 0.2) is 76.4 Å². The lowest BCUT2D eigenvalue weighted by Gasteiger charge is -2.57. The van der Waals surface area contributed by atoms with Crippen molar-refractivity contribution in [3.8, 4) is 0 Å². The van der Waals surface area contributed by atoms with Crippen LogP contribution in [0, 0.1) is 34.5 Å². The number of aliphatic hydroxyl groups is 1. The monoisotopic (exact) mass is 755 g/mol. The Balaban J connectivity index is 1.26. The lowest BCUT2D eigenvalue weighted by atomic mass is 9.43. The van der Waals surface area contributed by atoms with Crippen molar-refractivity contribution in [3.63, 3.8) is 0 Å². The van der Waals surface area contributed by atoms with E-state index in [4.69, 9.17) is 9.47 Å². The standard InChI is InChI=1S/C41H45N3O7S2/c1-3-40(14-4-5-15-40)19-28-26-8-7-25-24-12-16-41(35(25)34(26)37(47)50-28)29-9-6-22(2)39(49)53-52-21-43-30-18-23(13-17-42-30)27(33(24)36(41)38(48)51-29)20-44-31(45)10-11-32(44)46/h9-11,13,17-19,22,24-25,27,35,39,49H,3-8,12,14-16,20-21H2,1-2H3,(H,42,43)/b28-19-,29-9-/t22-,24+,25+,27+,35-,39+,41+/m1/s1. The minimum absolute atomic E-state index is 0.0107. The fourth-order valence-electron chi connectivity index (χ4n) is 11.0. The van der Waals surface area contributed by atoms with Gasteiger partial charge in [-0.25, -0.2) is 14.6 Å². The topological polar surface area (TPSA) is 135 Å². The first-order valence-electron chi connectivity index (χ1n) is 19.2. The lowest BCUT2D eigenvalue weighted by molar-refractivity contribution is -0.137. The van der Waals surface area contributed by atoms with Gasteiger partial charge in [-0.15, -0.1) is 0 Å². The molecule has 12 heteroatoms. The van der Waals surface area contributed by atoms with Gasteiger partial charge in [-0.05, 0) is 110 Å². The van der Waals surface area contributed by atoms with Gasteiger partial charge in [0.15, 0.2) is 0 Å². The number of aromatic nitrogens is 1. The Labute approximate surface area is 317 Å². The molecule has 9 aliphatic rings. The van der Waals surface area contributed by atoms with Crippen LogP contribution < -0.4 is 5.32 Å². The van der Waals surface area contributed by atoms with E-state index in [9.17, 15) is 24.3 Å². The SMILES string of the molecule is CCC1(/C=C2\OC(=O)C3=C2CC[C@H]2[C@@H]4CC[C@@]5(C6=C4[C@@H](CN4C(=O)C=CC4=O)c4ccnc(c4)NCSS[C@H](O)[C@H](C)C/C=C/5OC6=O)[C@@H]32)CCCC1. The van der Waals surface area contributed by atoms with Crippen LogP contribution in [0.2, 0.25) is 0 Å². The third-order valence-corrected chi connectivity index (χ3v) is 16.0. The van der Waals surface area contributed by atoms with E-state index in [0.29, 0.717) is 53.6 Å². The molecule has 5 aliphatic carbocycles. The highest BCUT2D eigenvalue weighted by Crippen LogP contribution is 2.72. The van der Waals surface area contributed by atoms with Gasteiger partial charge < -0.3 is 19.9 Å². The molecule has 10 rings (SSSR count). The van der Waals surface area contributed by atoms with Crippen LogP contribution in [0.5, 0.6) is 0 Å². The smallest absolute Gasteiger partial charge is 0.340 e. The number of ether oxygens (including phenoxy) is 2. The van der Waals surface area contributed by atoms with Crippen molar-refractivity contribution < 1.29 is 33.8 Å². The predicted octanol–water partition coefficient (Wildman–Crippen LogP) is 7.08. The summed E-state index contributed by atoms with van der Waals surface area (Å²) >= 11 is 0. The van der Waals surface area contributed by atoms with Crippen molar-refractivity contribution in [2.45, 2.75) is 89.4 Å². The van der Waals surface area contributed by atoms with Gasteiger partial charge in [-0.3, -0.25) is 14.5 Å². The number of nitrogens with one attached hydrogen (secondary N) is 1. The maximum absolute atomic E-state index is 14.6. The third-order valence-electron chi connectivity index (χ3n) is 13.6. The number of aliphatic hydroxyl groups excluding tert-OH is 1. The molecule has 2 saturated carbocycles. The van der Waals surface area contributed by atoms with Gasteiger partial charge in [0, 0.05) is 47.9 Å². The highest BCUT2D eigenvalue weighted by atomic mass is 33.1. The number of nitrogens with zero attached hydrogens (tertiary/aromatic N) is 2. The fraction of sp³-hybridized carbons (Fsp3) is 0.537. The number of cyclic esters (lactones) is 1. The Morgan fingerprint density at radius 2 is 1.87 bits per heavy atom. The second kappa shape index (κ2) is 13.3. The highest BCUT2D eigenvalue weighted by molar-refractivity contribution is 8.76. The Morgan fingerprint density at radius 3 is 2.64 bits per heavy atom. The number of amides is 2. The minimum atomic E-state index is -0.926. The lowest BCUT2D eigenvalue weighted by Crippen LogP contribution is -2.53. The first kappa shape index (κ1) is 35.1. The van der Waals surface area contributed by atoms with E-state index in [1.54, 1.807) is 6.20 Å². The van der Waals surface area contributed by atoms with Crippen LogP contribution in [-0.4, -0.2) is 56.6 Å². The third kappa shape index (κ3) is 5.52. The zero-order valence-electron chi connectivity index (χ0n) is 30.1. The van der Waals surface area contributed by atoms with Gasteiger partial charge in [-0.2, -0.15) is 0 Å². The largest absolute Gasteiger partial charge is 0.427 e. The van der Waals surface area contributed by atoms with Gasteiger partial charge in [0.25, 0.3) is 11.8 Å². The van der Waals surface area contributed by atoms with E-state index in [-0.39, 0.29) is 53.4 Å².